The number of thiophene rings is 1. The van der Waals surface area contributed by atoms with Gasteiger partial charge in [0.05, 0.1) is 5.75 Å². The van der Waals surface area contributed by atoms with Crippen LogP contribution in [0.5, 0.6) is 0 Å². The van der Waals surface area contributed by atoms with Crippen LogP contribution in [-0.2, 0) is 9.59 Å². The van der Waals surface area contributed by atoms with Crippen LogP contribution in [0.15, 0.2) is 17.5 Å². The normalized spacial score (nSPS) is 25.5. The van der Waals surface area contributed by atoms with Gasteiger partial charge in [-0.25, -0.2) is 0 Å². The van der Waals surface area contributed by atoms with Crippen LogP contribution in [0.3, 0.4) is 0 Å². The molecule has 130 valence electrons. The van der Waals surface area contributed by atoms with E-state index in [1.54, 1.807) is 23.1 Å². The van der Waals surface area contributed by atoms with Crippen LogP contribution in [0.4, 0.5) is 0 Å². The lowest BCUT2D eigenvalue weighted by molar-refractivity contribution is -0.134. The highest BCUT2D eigenvalue weighted by Crippen LogP contribution is 2.40. The second kappa shape index (κ2) is 7.06. The van der Waals surface area contributed by atoms with Crippen molar-refractivity contribution in [3.05, 3.63) is 22.4 Å². The van der Waals surface area contributed by atoms with Gasteiger partial charge in [0.25, 0.3) is 0 Å². The summed E-state index contributed by atoms with van der Waals surface area (Å²) in [6, 6.07) is 4.17. The fourth-order valence-corrected chi connectivity index (χ4v) is 5.59. The van der Waals surface area contributed by atoms with Gasteiger partial charge < -0.3 is 9.80 Å². The molecule has 1 aliphatic carbocycles. The SMILES string of the molecule is O=C(C1CC1)N1CCN(CCN2C(=O)CS[C@@H]2c2cccs2)CC1. The van der Waals surface area contributed by atoms with Crippen LogP contribution in [-0.4, -0.2) is 71.5 Å². The van der Waals surface area contributed by atoms with E-state index in [4.69, 9.17) is 0 Å². The molecule has 2 saturated heterocycles. The number of carbonyl (C=O) groups excluding carboxylic acids is 2. The Bertz CT molecular complexity index is 595. The van der Waals surface area contributed by atoms with Crippen LogP contribution in [0, 0.1) is 5.92 Å². The number of nitrogens with zero attached hydrogens (tertiary/aromatic N) is 3. The van der Waals surface area contributed by atoms with Gasteiger partial charge >= 0.3 is 0 Å². The minimum Gasteiger partial charge on any atom is -0.340 e. The summed E-state index contributed by atoms with van der Waals surface area (Å²) in [6.45, 7) is 5.22. The lowest BCUT2D eigenvalue weighted by Crippen LogP contribution is -2.50. The van der Waals surface area contributed by atoms with Crippen molar-refractivity contribution >= 4 is 34.9 Å². The zero-order valence-corrected chi connectivity index (χ0v) is 15.4. The third-order valence-electron chi connectivity index (χ3n) is 5.02. The van der Waals surface area contributed by atoms with Crippen LogP contribution in [0.1, 0.15) is 23.1 Å². The first-order valence-electron chi connectivity index (χ1n) is 8.68. The standard InChI is InChI=1S/C17H23N3O2S2/c21-15-12-24-17(14-2-1-11-23-14)20(15)10-7-18-5-8-19(9-6-18)16(22)13-3-4-13/h1-2,11,13,17H,3-10,12H2/t17-/m1/s1. The van der Waals surface area contributed by atoms with Crippen molar-refractivity contribution in [2.24, 2.45) is 5.92 Å². The molecular formula is C17H23N3O2S2. The summed E-state index contributed by atoms with van der Waals surface area (Å²) >= 11 is 3.46. The van der Waals surface area contributed by atoms with Gasteiger partial charge in [0.15, 0.2) is 0 Å². The molecule has 1 atom stereocenters. The zero-order chi connectivity index (χ0) is 16.5. The van der Waals surface area contributed by atoms with Crippen molar-refractivity contribution in [3.63, 3.8) is 0 Å². The van der Waals surface area contributed by atoms with Crippen molar-refractivity contribution in [2.75, 3.05) is 45.0 Å². The number of hydrogen-bond donors (Lipinski definition) is 0. The highest BCUT2D eigenvalue weighted by atomic mass is 32.2. The van der Waals surface area contributed by atoms with Crippen LogP contribution in [0.2, 0.25) is 0 Å². The summed E-state index contributed by atoms with van der Waals surface area (Å²) in [5.41, 5.74) is 0. The molecular weight excluding hydrogens is 342 g/mol. The predicted octanol–water partition coefficient (Wildman–Crippen LogP) is 1.88. The Balaban J connectivity index is 1.27. The average Bonchev–Trinajstić information content (AvgIpc) is 3.19. The first-order chi connectivity index (χ1) is 11.7. The molecule has 0 spiro atoms. The van der Waals surface area contributed by atoms with Crippen molar-refractivity contribution in [1.29, 1.82) is 0 Å². The smallest absolute Gasteiger partial charge is 0.233 e. The lowest BCUT2D eigenvalue weighted by Gasteiger charge is -2.36. The number of hydrogen-bond acceptors (Lipinski definition) is 5. The van der Waals surface area contributed by atoms with Gasteiger partial charge in [0.1, 0.15) is 5.37 Å². The summed E-state index contributed by atoms with van der Waals surface area (Å²) < 4.78 is 0. The molecule has 2 aliphatic heterocycles. The van der Waals surface area contributed by atoms with Gasteiger partial charge in [-0.3, -0.25) is 14.5 Å². The first-order valence-corrected chi connectivity index (χ1v) is 10.6. The van der Waals surface area contributed by atoms with E-state index in [1.165, 1.54) is 4.88 Å². The summed E-state index contributed by atoms with van der Waals surface area (Å²) in [7, 11) is 0. The Kier molecular flexibility index (Phi) is 4.83. The minimum absolute atomic E-state index is 0.190. The Labute approximate surface area is 151 Å². The molecule has 24 heavy (non-hydrogen) atoms. The van der Waals surface area contributed by atoms with E-state index in [1.807, 2.05) is 9.80 Å². The number of carbonyl (C=O) groups is 2. The topological polar surface area (TPSA) is 43.9 Å². The molecule has 5 nitrogen and oxygen atoms in total. The van der Waals surface area contributed by atoms with Crippen molar-refractivity contribution < 1.29 is 9.59 Å². The van der Waals surface area contributed by atoms with Crippen LogP contribution in [0.25, 0.3) is 0 Å². The maximum Gasteiger partial charge on any atom is 0.233 e. The first kappa shape index (κ1) is 16.4. The van der Waals surface area contributed by atoms with Gasteiger partial charge in [-0.05, 0) is 24.3 Å². The quantitative estimate of drug-likeness (QED) is 0.799. The predicted molar refractivity (Wildman–Crippen MR) is 97.0 cm³/mol. The minimum atomic E-state index is 0.190. The Morgan fingerprint density at radius 2 is 1.96 bits per heavy atom. The molecule has 4 rings (SSSR count). The van der Waals surface area contributed by atoms with Gasteiger partial charge in [-0.15, -0.1) is 23.1 Å². The molecule has 1 aromatic rings. The maximum absolute atomic E-state index is 12.2. The number of thioether (sulfide) groups is 1. The lowest BCUT2D eigenvalue weighted by atomic mass is 10.2. The maximum atomic E-state index is 12.2. The molecule has 0 radical (unpaired) electrons. The van der Waals surface area contributed by atoms with Crippen LogP contribution < -0.4 is 0 Å². The molecule has 0 bridgehead atoms. The molecule has 0 unspecified atom stereocenters. The second-order valence-corrected chi connectivity index (χ2v) is 8.75. The van der Waals surface area contributed by atoms with E-state index >= 15 is 0 Å². The third kappa shape index (κ3) is 3.48. The molecule has 3 fully saturated rings. The number of piperazine rings is 1. The third-order valence-corrected chi connectivity index (χ3v) is 7.33. The number of rotatable bonds is 5. The van der Waals surface area contributed by atoms with Crippen molar-refractivity contribution in [1.82, 2.24) is 14.7 Å². The number of amides is 2. The summed E-state index contributed by atoms with van der Waals surface area (Å²) in [4.78, 5) is 32.0. The average molecular weight is 366 g/mol. The summed E-state index contributed by atoms with van der Waals surface area (Å²) in [5, 5.41) is 2.27. The van der Waals surface area contributed by atoms with Crippen molar-refractivity contribution in [2.45, 2.75) is 18.2 Å². The molecule has 2 amide bonds. The zero-order valence-electron chi connectivity index (χ0n) is 13.7. The molecule has 7 heteroatoms. The van der Waals surface area contributed by atoms with E-state index < -0.39 is 0 Å². The van der Waals surface area contributed by atoms with Gasteiger partial charge in [-0.1, -0.05) is 6.07 Å². The molecule has 1 aromatic heterocycles. The second-order valence-electron chi connectivity index (χ2n) is 6.71. The highest BCUT2D eigenvalue weighted by Gasteiger charge is 2.36. The Hall–Kier alpha value is -1.05. The van der Waals surface area contributed by atoms with E-state index in [2.05, 4.69) is 22.4 Å². The van der Waals surface area contributed by atoms with Crippen LogP contribution >= 0.6 is 23.1 Å². The molecule has 3 aliphatic rings. The van der Waals surface area contributed by atoms with Crippen molar-refractivity contribution in [3.8, 4) is 0 Å². The molecule has 0 aromatic carbocycles. The highest BCUT2D eigenvalue weighted by molar-refractivity contribution is 8.00. The fraction of sp³-hybridized carbons (Fsp3) is 0.647. The largest absolute Gasteiger partial charge is 0.340 e. The molecule has 0 N–H and O–H groups in total. The molecule has 3 heterocycles. The summed E-state index contributed by atoms with van der Waals surface area (Å²) in [6.07, 6.45) is 2.16. The van der Waals surface area contributed by atoms with E-state index in [9.17, 15) is 9.59 Å². The van der Waals surface area contributed by atoms with Gasteiger partial charge in [-0.2, -0.15) is 0 Å². The van der Waals surface area contributed by atoms with E-state index in [0.29, 0.717) is 17.6 Å². The Morgan fingerprint density at radius 3 is 2.62 bits per heavy atom. The van der Waals surface area contributed by atoms with E-state index in [0.717, 1.165) is 52.1 Å². The monoisotopic (exact) mass is 365 g/mol. The summed E-state index contributed by atoms with van der Waals surface area (Å²) in [5.74, 6) is 1.52. The van der Waals surface area contributed by atoms with E-state index in [-0.39, 0.29) is 11.3 Å². The Morgan fingerprint density at radius 1 is 1.17 bits per heavy atom. The molecule has 1 saturated carbocycles. The fourth-order valence-electron chi connectivity index (χ4n) is 3.39. The van der Waals surface area contributed by atoms with Gasteiger partial charge in [0.2, 0.25) is 11.8 Å². The van der Waals surface area contributed by atoms with Gasteiger partial charge in [0, 0.05) is 50.1 Å².